The van der Waals surface area contributed by atoms with Gasteiger partial charge < -0.3 is 30.9 Å². The topological polar surface area (TPSA) is 137 Å². The van der Waals surface area contributed by atoms with Crippen LogP contribution in [0, 0.1) is 0 Å². The average molecular weight is 381 g/mol. The third kappa shape index (κ3) is 9.69. The molecule has 1 rings (SSSR count). The Morgan fingerprint density at radius 3 is 2.22 bits per heavy atom. The minimum Gasteiger partial charge on any atom is -0.396 e. The highest BCUT2D eigenvalue weighted by Gasteiger charge is 2.19. The molecule has 0 saturated carbocycles. The van der Waals surface area contributed by atoms with E-state index in [9.17, 15) is 14.4 Å². The first kappa shape index (κ1) is 22.6. The van der Waals surface area contributed by atoms with Crippen LogP contribution in [0.15, 0.2) is 24.3 Å². The SMILES string of the molecule is CC(C)(CCO)NC(=O)COCC(=O)NCC(=O)Nc1ccc(CO)cc1. The zero-order chi connectivity index (χ0) is 20.3. The summed E-state index contributed by atoms with van der Waals surface area (Å²) in [5, 5.41) is 25.5. The summed E-state index contributed by atoms with van der Waals surface area (Å²) in [5.74, 6) is -1.34. The van der Waals surface area contributed by atoms with Gasteiger partial charge in [0, 0.05) is 17.8 Å². The monoisotopic (exact) mass is 381 g/mol. The van der Waals surface area contributed by atoms with Gasteiger partial charge in [-0.2, -0.15) is 0 Å². The summed E-state index contributed by atoms with van der Waals surface area (Å²) < 4.78 is 5.02. The van der Waals surface area contributed by atoms with E-state index in [1.807, 2.05) is 0 Å². The molecule has 0 unspecified atom stereocenters. The number of hydrogen-bond acceptors (Lipinski definition) is 6. The Labute approximate surface area is 158 Å². The molecular weight excluding hydrogens is 354 g/mol. The minimum absolute atomic E-state index is 0.0514. The zero-order valence-electron chi connectivity index (χ0n) is 15.6. The number of anilines is 1. The van der Waals surface area contributed by atoms with Crippen LogP contribution in [0.5, 0.6) is 0 Å². The van der Waals surface area contributed by atoms with E-state index in [0.717, 1.165) is 5.56 Å². The predicted octanol–water partition coefficient (Wildman–Crippen LogP) is -0.473. The largest absolute Gasteiger partial charge is 0.396 e. The van der Waals surface area contributed by atoms with Crippen molar-refractivity contribution in [2.75, 3.05) is 31.7 Å². The Balaban J connectivity index is 2.22. The van der Waals surface area contributed by atoms with E-state index in [0.29, 0.717) is 12.1 Å². The number of aliphatic hydroxyl groups excluding tert-OH is 2. The lowest BCUT2D eigenvalue weighted by atomic mass is 10.0. The Morgan fingerprint density at radius 2 is 1.63 bits per heavy atom. The molecule has 0 aromatic heterocycles. The molecule has 0 atom stereocenters. The molecule has 1 aromatic carbocycles. The molecule has 0 radical (unpaired) electrons. The maximum atomic E-state index is 11.8. The lowest BCUT2D eigenvalue weighted by Gasteiger charge is -2.25. The van der Waals surface area contributed by atoms with Gasteiger partial charge in [-0.05, 0) is 38.0 Å². The van der Waals surface area contributed by atoms with E-state index in [1.165, 1.54) is 0 Å². The molecule has 0 spiro atoms. The van der Waals surface area contributed by atoms with Crippen molar-refractivity contribution in [3.63, 3.8) is 0 Å². The molecule has 0 aliphatic rings. The van der Waals surface area contributed by atoms with Crippen molar-refractivity contribution >= 4 is 23.4 Å². The molecule has 0 aliphatic heterocycles. The second-order valence-electron chi connectivity index (χ2n) is 6.58. The summed E-state index contributed by atoms with van der Waals surface area (Å²) in [6, 6.07) is 6.64. The molecule has 0 fully saturated rings. The summed E-state index contributed by atoms with van der Waals surface area (Å²) in [6.07, 6.45) is 0.400. The van der Waals surface area contributed by atoms with Crippen LogP contribution in [0.4, 0.5) is 5.69 Å². The fourth-order valence-electron chi connectivity index (χ4n) is 2.12. The van der Waals surface area contributed by atoms with Gasteiger partial charge >= 0.3 is 0 Å². The fraction of sp³-hybridized carbons (Fsp3) is 0.500. The third-order valence-electron chi connectivity index (χ3n) is 3.55. The molecule has 27 heavy (non-hydrogen) atoms. The number of aliphatic hydroxyl groups is 2. The number of nitrogens with one attached hydrogen (secondary N) is 3. The Bertz CT molecular complexity index is 630. The van der Waals surface area contributed by atoms with Crippen LogP contribution in [-0.2, 0) is 25.7 Å². The molecule has 150 valence electrons. The van der Waals surface area contributed by atoms with E-state index in [4.69, 9.17) is 14.9 Å². The smallest absolute Gasteiger partial charge is 0.246 e. The first-order valence-electron chi connectivity index (χ1n) is 8.51. The van der Waals surface area contributed by atoms with Crippen LogP contribution in [-0.4, -0.2) is 59.8 Å². The molecule has 1 aromatic rings. The Hall–Kier alpha value is -2.49. The summed E-state index contributed by atoms with van der Waals surface area (Å²) in [6.45, 7) is 2.51. The summed E-state index contributed by atoms with van der Waals surface area (Å²) >= 11 is 0. The molecule has 9 heteroatoms. The van der Waals surface area contributed by atoms with Gasteiger partial charge in [0.05, 0.1) is 13.2 Å². The average Bonchev–Trinajstić information content (AvgIpc) is 2.60. The third-order valence-corrected chi connectivity index (χ3v) is 3.55. The standard InChI is InChI=1S/C18H27N3O6/c1-18(2,7-8-22)21-17(26)12-27-11-16(25)19-9-15(24)20-14-5-3-13(10-23)4-6-14/h3-6,22-23H,7-12H2,1-2H3,(H,19,25)(H,20,24)(H,21,26). The van der Waals surface area contributed by atoms with Crippen molar-refractivity contribution < 1.29 is 29.3 Å². The highest BCUT2D eigenvalue weighted by atomic mass is 16.5. The van der Waals surface area contributed by atoms with Gasteiger partial charge in [-0.15, -0.1) is 0 Å². The molecule has 9 nitrogen and oxygen atoms in total. The maximum Gasteiger partial charge on any atom is 0.246 e. The quantitative estimate of drug-likeness (QED) is 0.351. The van der Waals surface area contributed by atoms with Crippen molar-refractivity contribution in [2.45, 2.75) is 32.4 Å². The molecular formula is C18H27N3O6. The predicted molar refractivity (Wildman–Crippen MR) is 98.7 cm³/mol. The number of carbonyl (C=O) groups is 3. The van der Waals surface area contributed by atoms with Gasteiger partial charge in [-0.25, -0.2) is 0 Å². The number of ether oxygens (including phenoxy) is 1. The molecule has 0 heterocycles. The van der Waals surface area contributed by atoms with Crippen molar-refractivity contribution in [1.29, 1.82) is 0 Å². The van der Waals surface area contributed by atoms with E-state index in [2.05, 4.69) is 16.0 Å². The van der Waals surface area contributed by atoms with Crippen LogP contribution in [0.3, 0.4) is 0 Å². The minimum atomic E-state index is -0.565. The van der Waals surface area contributed by atoms with Gasteiger partial charge in [0.1, 0.15) is 13.2 Å². The van der Waals surface area contributed by atoms with Gasteiger partial charge in [0.25, 0.3) is 0 Å². The van der Waals surface area contributed by atoms with Crippen molar-refractivity contribution in [3.05, 3.63) is 29.8 Å². The molecule has 0 saturated heterocycles. The molecule has 0 aliphatic carbocycles. The van der Waals surface area contributed by atoms with Gasteiger partial charge in [-0.3, -0.25) is 14.4 Å². The second-order valence-corrected chi connectivity index (χ2v) is 6.58. The summed E-state index contributed by atoms with van der Waals surface area (Å²) in [7, 11) is 0. The van der Waals surface area contributed by atoms with Crippen LogP contribution < -0.4 is 16.0 Å². The van der Waals surface area contributed by atoms with E-state index >= 15 is 0 Å². The molecule has 3 amide bonds. The summed E-state index contributed by atoms with van der Waals surface area (Å²) in [4.78, 5) is 35.1. The van der Waals surface area contributed by atoms with E-state index < -0.39 is 23.3 Å². The normalized spacial score (nSPS) is 11.0. The maximum absolute atomic E-state index is 11.8. The van der Waals surface area contributed by atoms with Crippen molar-refractivity contribution in [2.24, 2.45) is 0 Å². The number of rotatable bonds is 11. The number of benzene rings is 1. The lowest BCUT2D eigenvalue weighted by molar-refractivity contribution is -0.132. The van der Waals surface area contributed by atoms with Crippen LogP contribution in [0.2, 0.25) is 0 Å². The molecule has 5 N–H and O–H groups in total. The van der Waals surface area contributed by atoms with E-state index in [1.54, 1.807) is 38.1 Å². The highest BCUT2D eigenvalue weighted by Crippen LogP contribution is 2.09. The number of hydrogen-bond donors (Lipinski definition) is 5. The molecule has 0 bridgehead atoms. The Kier molecular flexibility index (Phi) is 9.41. The van der Waals surface area contributed by atoms with Crippen molar-refractivity contribution in [1.82, 2.24) is 10.6 Å². The van der Waals surface area contributed by atoms with Gasteiger partial charge in [0.2, 0.25) is 17.7 Å². The number of carbonyl (C=O) groups excluding carboxylic acids is 3. The fourth-order valence-corrected chi connectivity index (χ4v) is 2.12. The zero-order valence-corrected chi connectivity index (χ0v) is 15.6. The first-order valence-corrected chi connectivity index (χ1v) is 8.51. The van der Waals surface area contributed by atoms with Crippen LogP contribution >= 0.6 is 0 Å². The van der Waals surface area contributed by atoms with Gasteiger partial charge in [0.15, 0.2) is 0 Å². The Morgan fingerprint density at radius 1 is 1.00 bits per heavy atom. The van der Waals surface area contributed by atoms with Crippen LogP contribution in [0.1, 0.15) is 25.8 Å². The lowest BCUT2D eigenvalue weighted by Crippen LogP contribution is -2.46. The number of amides is 3. The van der Waals surface area contributed by atoms with E-state index in [-0.39, 0.29) is 33.0 Å². The van der Waals surface area contributed by atoms with Gasteiger partial charge in [-0.1, -0.05) is 12.1 Å². The van der Waals surface area contributed by atoms with Crippen molar-refractivity contribution in [3.8, 4) is 0 Å². The van der Waals surface area contributed by atoms with Crippen LogP contribution in [0.25, 0.3) is 0 Å². The first-order chi connectivity index (χ1) is 12.8. The second kappa shape index (κ2) is 11.3. The highest BCUT2D eigenvalue weighted by molar-refractivity contribution is 5.94. The summed E-state index contributed by atoms with van der Waals surface area (Å²) in [5.41, 5.74) is 0.706.